The van der Waals surface area contributed by atoms with Gasteiger partial charge in [-0.05, 0) is 41.8 Å². The lowest BCUT2D eigenvalue weighted by molar-refractivity contribution is -0.106. The van der Waals surface area contributed by atoms with Gasteiger partial charge in [0.15, 0.2) is 0 Å². The predicted octanol–water partition coefficient (Wildman–Crippen LogP) is 2.54. The average molecular weight is 472 g/mol. The molecule has 0 spiro atoms. The van der Waals surface area contributed by atoms with E-state index in [2.05, 4.69) is 21.8 Å². The second kappa shape index (κ2) is 11.3. The van der Waals surface area contributed by atoms with Crippen molar-refractivity contribution in [2.75, 3.05) is 7.11 Å². The summed E-state index contributed by atoms with van der Waals surface area (Å²) in [6.45, 7) is 0. The van der Waals surface area contributed by atoms with Crippen molar-refractivity contribution in [3.63, 3.8) is 0 Å². The van der Waals surface area contributed by atoms with E-state index in [4.69, 9.17) is 20.5 Å². The number of allylic oxidation sites excluding steroid dienone is 3. The summed E-state index contributed by atoms with van der Waals surface area (Å²) < 4.78 is 8.57. The maximum atomic E-state index is 13.2. The molecule has 4 N–H and O–H groups in total. The highest BCUT2D eigenvalue weighted by molar-refractivity contribution is 6.04. The normalized spacial score (nSPS) is 11.3. The Bertz CT molecular complexity index is 1520. The van der Waals surface area contributed by atoms with Crippen LogP contribution < -0.4 is 21.9 Å². The number of aromatic nitrogens is 4. The van der Waals surface area contributed by atoms with E-state index in [0.717, 1.165) is 22.0 Å². The highest BCUT2D eigenvalue weighted by atomic mass is 16.5. The number of imidazole rings is 1. The highest BCUT2D eigenvalue weighted by Crippen LogP contribution is 2.30. The molecule has 0 unspecified atom stereocenters. The first-order valence-corrected chi connectivity index (χ1v) is 10.6. The van der Waals surface area contributed by atoms with E-state index in [0.29, 0.717) is 35.4 Å². The van der Waals surface area contributed by atoms with Gasteiger partial charge in [-0.1, -0.05) is 18.2 Å². The van der Waals surface area contributed by atoms with Gasteiger partial charge in [0.25, 0.3) is 0 Å². The van der Waals surface area contributed by atoms with Crippen LogP contribution in [-0.4, -0.2) is 32.6 Å². The van der Waals surface area contributed by atoms with E-state index < -0.39 is 0 Å². The summed E-state index contributed by atoms with van der Waals surface area (Å²) >= 11 is 0. The van der Waals surface area contributed by atoms with Crippen LogP contribution in [0.25, 0.3) is 33.2 Å². The largest absolute Gasteiger partial charge is 0.479 e. The molecule has 0 saturated heterocycles. The molecule has 4 rings (SSSR count). The average Bonchev–Trinajstić information content (AvgIpc) is 3.14. The number of methoxy groups -OCH3 is 1. The Labute approximate surface area is 201 Å². The van der Waals surface area contributed by atoms with Gasteiger partial charge in [-0.2, -0.15) is 5.26 Å². The van der Waals surface area contributed by atoms with Gasteiger partial charge in [-0.3, -0.25) is 18.9 Å². The second-order valence-electron chi connectivity index (χ2n) is 7.29. The number of pyridine rings is 2. The van der Waals surface area contributed by atoms with Gasteiger partial charge >= 0.3 is 5.69 Å². The zero-order chi connectivity index (χ0) is 25.4. The second-order valence-corrected chi connectivity index (χ2v) is 7.29. The van der Waals surface area contributed by atoms with Gasteiger partial charge in [0, 0.05) is 31.3 Å². The number of nitrogens with two attached hydrogens (primary N) is 2. The van der Waals surface area contributed by atoms with Gasteiger partial charge in [-0.15, -0.1) is 0 Å². The van der Waals surface area contributed by atoms with Crippen molar-refractivity contribution in [3.05, 3.63) is 77.1 Å². The molecule has 35 heavy (non-hydrogen) atoms. The maximum absolute atomic E-state index is 13.2. The Hall–Kier alpha value is -4.91. The van der Waals surface area contributed by atoms with Gasteiger partial charge in [0.1, 0.15) is 5.69 Å². The molecule has 3 heterocycles. The van der Waals surface area contributed by atoms with E-state index in [1.807, 2.05) is 30.4 Å². The van der Waals surface area contributed by atoms with Crippen molar-refractivity contribution in [2.24, 2.45) is 18.5 Å². The van der Waals surface area contributed by atoms with Crippen LogP contribution in [0.15, 0.2) is 65.9 Å². The lowest BCUT2D eigenvalue weighted by Crippen LogP contribution is -2.21. The van der Waals surface area contributed by atoms with Crippen LogP contribution in [0.1, 0.15) is 18.4 Å². The third kappa shape index (κ3) is 4.89. The molecule has 0 radical (unpaired) electrons. The summed E-state index contributed by atoms with van der Waals surface area (Å²) in [5.41, 5.74) is 14.2. The monoisotopic (exact) mass is 471 g/mol. The van der Waals surface area contributed by atoms with Crippen molar-refractivity contribution in [1.29, 1.82) is 5.26 Å². The van der Waals surface area contributed by atoms with E-state index in [1.54, 1.807) is 40.7 Å². The molecule has 0 saturated carbocycles. The molecule has 0 fully saturated rings. The molecule has 0 aliphatic rings. The van der Waals surface area contributed by atoms with Crippen LogP contribution in [0.3, 0.4) is 0 Å². The summed E-state index contributed by atoms with van der Waals surface area (Å²) in [5, 5.41) is 9.53. The molecule has 0 bridgehead atoms. The Morgan fingerprint density at radius 1 is 1.26 bits per heavy atom. The third-order valence-corrected chi connectivity index (χ3v) is 5.30. The number of primary amides is 1. The molecule has 10 nitrogen and oxygen atoms in total. The number of hydrogen-bond acceptors (Lipinski definition) is 7. The zero-order valence-corrected chi connectivity index (χ0v) is 19.4. The predicted molar refractivity (Wildman–Crippen MR) is 135 cm³/mol. The Morgan fingerprint density at radius 2 is 2.03 bits per heavy atom. The molecule has 0 aliphatic carbocycles. The molecule has 3 aromatic heterocycles. The molecule has 0 atom stereocenters. The van der Waals surface area contributed by atoms with Crippen molar-refractivity contribution < 1.29 is 9.53 Å². The zero-order valence-electron chi connectivity index (χ0n) is 19.4. The van der Waals surface area contributed by atoms with Crippen LogP contribution in [0.5, 0.6) is 5.88 Å². The summed E-state index contributed by atoms with van der Waals surface area (Å²) in [6.07, 6.45) is 10.00. The van der Waals surface area contributed by atoms with Gasteiger partial charge in [0.05, 0.1) is 35.9 Å². The van der Waals surface area contributed by atoms with E-state index in [-0.39, 0.29) is 12.1 Å². The van der Waals surface area contributed by atoms with Gasteiger partial charge < -0.3 is 16.2 Å². The molecule has 4 aromatic rings. The van der Waals surface area contributed by atoms with Crippen LogP contribution >= 0.6 is 0 Å². The van der Waals surface area contributed by atoms with Crippen LogP contribution in [0.4, 0.5) is 0 Å². The van der Waals surface area contributed by atoms with Crippen molar-refractivity contribution in [3.8, 4) is 17.6 Å². The molecule has 0 aliphatic heterocycles. The number of nitriles is 1. The van der Waals surface area contributed by atoms with Crippen molar-refractivity contribution >= 4 is 33.9 Å². The Kier molecular flexibility index (Phi) is 7.98. The van der Waals surface area contributed by atoms with E-state index >= 15 is 0 Å². The fourth-order valence-corrected chi connectivity index (χ4v) is 3.72. The molecular formula is C25H25N7O3. The number of amides is 1. The number of hydrogen-bond donors (Lipinski definition) is 2. The Morgan fingerprint density at radius 3 is 2.71 bits per heavy atom. The molecular weight excluding hydrogens is 446 g/mol. The molecule has 1 amide bonds. The van der Waals surface area contributed by atoms with Gasteiger partial charge in [-0.25, -0.2) is 9.78 Å². The number of carbonyl (C=O) groups is 1. The lowest BCUT2D eigenvalue weighted by atomic mass is 10.0. The standard InChI is InChI=1S/C24H22N6O2.CH3NO/c1-29-21-15-28-19-10-9-16(17(14-26)7-4-3-5-11-25)13-18(19)22(21)30(24(29)31)20-8-6-12-27-23(20)32-2;2-1-3/h4,6-10,12-15H,3,5,26H2,1-2H3;1H,(H2,2,3)/b7-4-,17-14+;. The van der Waals surface area contributed by atoms with Crippen LogP contribution in [0, 0.1) is 11.3 Å². The molecule has 1 aromatic carbocycles. The quantitative estimate of drug-likeness (QED) is 0.249. The fraction of sp³-hybridized carbons (Fsp3) is 0.160. The lowest BCUT2D eigenvalue weighted by Gasteiger charge is -2.10. The fourth-order valence-electron chi connectivity index (χ4n) is 3.72. The van der Waals surface area contributed by atoms with Crippen molar-refractivity contribution in [2.45, 2.75) is 12.8 Å². The topological polar surface area (TPSA) is 155 Å². The summed E-state index contributed by atoms with van der Waals surface area (Å²) in [7, 11) is 3.24. The Balaban J connectivity index is 0.00000108. The number of benzene rings is 1. The maximum Gasteiger partial charge on any atom is 0.333 e. The number of ether oxygens (including phenoxy) is 1. The number of fused-ring (bicyclic) bond motifs is 3. The molecule has 10 heteroatoms. The smallest absolute Gasteiger partial charge is 0.333 e. The first-order valence-electron chi connectivity index (χ1n) is 10.6. The minimum Gasteiger partial charge on any atom is -0.479 e. The van der Waals surface area contributed by atoms with Crippen LogP contribution in [0.2, 0.25) is 0 Å². The van der Waals surface area contributed by atoms with E-state index in [9.17, 15) is 4.79 Å². The highest BCUT2D eigenvalue weighted by Gasteiger charge is 2.19. The van der Waals surface area contributed by atoms with Gasteiger partial charge in [0.2, 0.25) is 12.3 Å². The van der Waals surface area contributed by atoms with Crippen LogP contribution in [-0.2, 0) is 11.8 Å². The summed E-state index contributed by atoms with van der Waals surface area (Å²) in [6, 6.07) is 11.5. The number of unbranched alkanes of at least 4 members (excludes halogenated alkanes) is 1. The SMILES string of the molecule is COc1ncccc1-n1c(=O)n(C)c2cnc3ccc(C(/C=C\CCC#N)=C/N)cc3c21.NC=O. The summed E-state index contributed by atoms with van der Waals surface area (Å²) in [4.78, 5) is 30.6. The minimum absolute atomic E-state index is 0.225. The number of carbonyl (C=O) groups excluding carboxylic acids is 1. The van der Waals surface area contributed by atoms with Crippen molar-refractivity contribution in [1.82, 2.24) is 19.1 Å². The summed E-state index contributed by atoms with van der Waals surface area (Å²) in [5.74, 6) is 0.353. The first-order chi connectivity index (χ1) is 17.0. The number of nitrogens with zero attached hydrogens (tertiary/aromatic N) is 5. The minimum atomic E-state index is -0.225. The molecule has 178 valence electrons. The number of rotatable bonds is 6. The number of aryl methyl sites for hydroxylation is 1. The van der Waals surface area contributed by atoms with E-state index in [1.165, 1.54) is 13.3 Å². The first kappa shape index (κ1) is 24.7. The third-order valence-electron chi connectivity index (χ3n) is 5.30.